The van der Waals surface area contributed by atoms with Gasteiger partial charge in [-0.15, -0.1) is 0 Å². The number of aliphatic hydroxyl groups is 1. The fraction of sp³-hybridized carbons (Fsp3) is 0.639. The van der Waals surface area contributed by atoms with Gasteiger partial charge in [-0.3, -0.25) is 13.9 Å². The Hall–Kier alpha value is -3.16. The van der Waals surface area contributed by atoms with E-state index in [4.69, 9.17) is 19.5 Å². The van der Waals surface area contributed by atoms with Crippen LogP contribution in [0.3, 0.4) is 0 Å². The molecule has 2 heterocycles. The van der Waals surface area contributed by atoms with Gasteiger partial charge >= 0.3 is 13.4 Å². The van der Waals surface area contributed by atoms with Crippen LogP contribution in [0.15, 0.2) is 53.5 Å². The molecule has 0 bridgehead atoms. The third-order valence-corrected chi connectivity index (χ3v) is 10.2. The van der Waals surface area contributed by atoms with Crippen LogP contribution in [0.25, 0.3) is 0 Å². The Morgan fingerprint density at radius 3 is 2.31 bits per heavy atom. The number of allylic oxidation sites excluding steroid dienone is 2. The highest BCUT2D eigenvalue weighted by molar-refractivity contribution is 7.52. The summed E-state index contributed by atoms with van der Waals surface area (Å²) in [5.41, 5.74) is 2.18. The largest absolute Gasteiger partial charge is 0.458 e. The number of rotatable bonds is 25. The second kappa shape index (κ2) is 22.0. The van der Waals surface area contributed by atoms with E-state index in [1.165, 1.54) is 62.9 Å². The Morgan fingerprint density at radius 1 is 1.04 bits per heavy atom. The van der Waals surface area contributed by atoms with Crippen molar-refractivity contribution in [2.45, 2.75) is 128 Å². The molecule has 1 saturated heterocycles. The maximum atomic E-state index is 15.6. The summed E-state index contributed by atoms with van der Waals surface area (Å²) in [4.78, 5) is 28.3. The third-order valence-electron chi connectivity index (χ3n) is 8.69. The molecule has 1 fully saturated rings. The summed E-state index contributed by atoms with van der Waals surface area (Å²) < 4.78 is 60.4. The van der Waals surface area contributed by atoms with Crippen molar-refractivity contribution in [2.24, 2.45) is 0 Å². The van der Waals surface area contributed by atoms with Gasteiger partial charge in [0, 0.05) is 25.7 Å². The van der Waals surface area contributed by atoms with Gasteiger partial charge in [-0.05, 0) is 69.4 Å². The number of carbonyl (C=O) groups excluding carboxylic acids is 1. The molecule has 1 amide bonds. The Kier molecular flexibility index (Phi) is 18.3. The van der Waals surface area contributed by atoms with Crippen LogP contribution in [0.2, 0.25) is 0 Å². The number of hydrogen-bond acceptors (Lipinski definition) is 9. The fourth-order valence-electron chi connectivity index (χ4n) is 5.70. The molecule has 5 atom stereocenters. The number of carbonyl (C=O) groups is 1. The lowest BCUT2D eigenvalue weighted by Crippen LogP contribution is -2.43. The molecule has 0 saturated carbocycles. The lowest BCUT2D eigenvalue weighted by atomic mass is 9.98. The molecular formula is C36H56F2N5O7P. The van der Waals surface area contributed by atoms with E-state index in [0.717, 1.165) is 68.6 Å². The minimum absolute atomic E-state index is 0.0149. The molecule has 0 aliphatic carbocycles. The van der Waals surface area contributed by atoms with E-state index in [0.29, 0.717) is 6.42 Å². The molecule has 286 valence electrons. The van der Waals surface area contributed by atoms with Crippen LogP contribution in [-0.4, -0.2) is 58.1 Å². The topological polar surface area (TPSA) is 167 Å². The minimum Gasteiger partial charge on any atom is -0.413 e. The number of amides is 1. The van der Waals surface area contributed by atoms with E-state index in [1.807, 2.05) is 0 Å². The average Bonchev–Trinajstić information content (AvgIpc) is 3.32. The summed E-state index contributed by atoms with van der Waals surface area (Å²) in [6.07, 6.45) is 16.6. The van der Waals surface area contributed by atoms with Crippen LogP contribution in [0, 0.1) is 5.82 Å². The molecule has 1 aromatic heterocycles. The number of aliphatic hydroxyl groups excluding tert-OH is 1. The lowest BCUT2D eigenvalue weighted by Gasteiger charge is -2.25. The first kappa shape index (κ1) is 42.3. The lowest BCUT2D eigenvalue weighted by molar-refractivity contribution is -0.121. The number of nitrogens with two attached hydrogens (primary N) is 1. The third kappa shape index (κ3) is 14.8. The molecule has 12 nitrogen and oxygen atoms in total. The van der Waals surface area contributed by atoms with Gasteiger partial charge in [0.25, 0.3) is 0 Å². The summed E-state index contributed by atoms with van der Waals surface area (Å²) in [7, 11) is -4.24. The Labute approximate surface area is 300 Å². The average molecular weight is 740 g/mol. The van der Waals surface area contributed by atoms with Crippen molar-refractivity contribution < 1.29 is 37.0 Å². The molecule has 1 aliphatic heterocycles. The van der Waals surface area contributed by atoms with E-state index in [9.17, 15) is 23.7 Å². The summed E-state index contributed by atoms with van der Waals surface area (Å²) in [6.45, 7) is 2.75. The highest BCUT2D eigenvalue weighted by atomic mass is 31.2. The molecule has 2 aromatic rings. The van der Waals surface area contributed by atoms with Gasteiger partial charge in [0.1, 0.15) is 29.6 Å². The normalized spacial score (nSPS) is 21.5. The molecule has 5 N–H and O–H groups in total. The van der Waals surface area contributed by atoms with Crippen LogP contribution < -0.4 is 26.4 Å². The van der Waals surface area contributed by atoms with Gasteiger partial charge in [-0.1, -0.05) is 70.4 Å². The summed E-state index contributed by atoms with van der Waals surface area (Å²) in [5.74, 6) is -0.739. The zero-order valence-corrected chi connectivity index (χ0v) is 30.8. The number of anilines is 1. The SMILES string of the molecule is CCCCCCCC/C=C\CCCCCCCC(=O)NCCNP(=O)(OC[C@H]1O[C@@H](n2ccc(N)nc2=O)[C@](C)(F)[C@@H]1O)Oc1ccc(F)cc1. The van der Waals surface area contributed by atoms with E-state index < -0.39 is 50.0 Å². The van der Waals surface area contributed by atoms with Crippen LogP contribution >= 0.6 is 7.75 Å². The number of nitrogens with one attached hydrogen (secondary N) is 2. The highest BCUT2D eigenvalue weighted by Gasteiger charge is 2.55. The first-order valence-corrected chi connectivity index (χ1v) is 19.7. The standard InChI is InChI=1S/C36H56F2N5O7P/c1-3-4-5-6-7-8-9-10-11-12-13-14-15-16-17-18-32(44)40-24-25-41-51(47,50-29-21-19-28(37)20-22-29)48-27-30-33(45)36(2,38)34(49-30)43-26-23-31(39)42-35(43)46/h10-11,19-23,26,30,33-34,45H,3-9,12-18,24-25,27H2,1-2H3,(H,40,44)(H,41,47)(H2,39,42,46)/b11-10-/t30-,33-,34-,36-,51?/m1/s1. The Morgan fingerprint density at radius 2 is 1.67 bits per heavy atom. The minimum atomic E-state index is -4.24. The predicted octanol–water partition coefficient (Wildman–Crippen LogP) is 6.90. The zero-order chi connectivity index (χ0) is 37.1. The Balaban J connectivity index is 1.39. The van der Waals surface area contributed by atoms with Crippen LogP contribution in [0.1, 0.15) is 110 Å². The van der Waals surface area contributed by atoms with Crippen molar-refractivity contribution >= 4 is 19.5 Å². The van der Waals surface area contributed by atoms with Crippen molar-refractivity contribution in [3.05, 3.63) is 65.0 Å². The van der Waals surface area contributed by atoms with E-state index in [2.05, 4.69) is 34.5 Å². The van der Waals surface area contributed by atoms with Gasteiger partial charge in [0.05, 0.1) is 6.61 Å². The second-order valence-corrected chi connectivity index (χ2v) is 14.8. The molecule has 15 heteroatoms. The number of nitrogen functional groups attached to an aromatic ring is 1. The molecule has 0 radical (unpaired) electrons. The van der Waals surface area contributed by atoms with Crippen molar-refractivity contribution in [2.75, 3.05) is 25.4 Å². The smallest absolute Gasteiger partial charge is 0.413 e. The van der Waals surface area contributed by atoms with Crippen LogP contribution in [0.4, 0.5) is 14.6 Å². The zero-order valence-electron chi connectivity index (χ0n) is 29.9. The number of alkyl halides is 1. The van der Waals surface area contributed by atoms with Gasteiger partial charge < -0.3 is 25.4 Å². The maximum absolute atomic E-state index is 15.6. The molecule has 0 spiro atoms. The quantitative estimate of drug-likeness (QED) is 0.0478. The van der Waals surface area contributed by atoms with Crippen LogP contribution in [0.5, 0.6) is 5.75 Å². The highest BCUT2D eigenvalue weighted by Crippen LogP contribution is 2.47. The van der Waals surface area contributed by atoms with Crippen LogP contribution in [-0.2, 0) is 18.6 Å². The summed E-state index contributed by atoms with van der Waals surface area (Å²) >= 11 is 0. The van der Waals surface area contributed by atoms with E-state index in [1.54, 1.807) is 0 Å². The van der Waals surface area contributed by atoms with Crippen molar-refractivity contribution in [1.82, 2.24) is 20.0 Å². The molecule has 1 aliphatic rings. The maximum Gasteiger partial charge on any atom is 0.458 e. The number of halogens is 2. The summed E-state index contributed by atoms with van der Waals surface area (Å²) in [6, 6.07) is 5.99. The van der Waals surface area contributed by atoms with E-state index >= 15 is 4.39 Å². The van der Waals surface area contributed by atoms with Crippen molar-refractivity contribution in [1.29, 1.82) is 0 Å². The fourth-order valence-corrected chi connectivity index (χ4v) is 7.04. The molecule has 3 rings (SSSR count). The number of ether oxygens (including phenoxy) is 1. The number of hydrogen-bond donors (Lipinski definition) is 4. The van der Waals surface area contributed by atoms with Crippen molar-refractivity contribution in [3.63, 3.8) is 0 Å². The van der Waals surface area contributed by atoms with Crippen molar-refractivity contribution in [3.8, 4) is 5.75 Å². The number of aromatic nitrogens is 2. The molecule has 1 aromatic carbocycles. The molecular weight excluding hydrogens is 683 g/mol. The number of unbranched alkanes of at least 4 members (excludes halogenated alkanes) is 11. The summed E-state index contributed by atoms with van der Waals surface area (Å²) in [5, 5.41) is 16.1. The molecule has 51 heavy (non-hydrogen) atoms. The monoisotopic (exact) mass is 739 g/mol. The van der Waals surface area contributed by atoms with Gasteiger partial charge in [-0.25, -0.2) is 23.2 Å². The van der Waals surface area contributed by atoms with Gasteiger partial charge in [-0.2, -0.15) is 4.98 Å². The predicted molar refractivity (Wildman–Crippen MR) is 193 cm³/mol. The first-order chi connectivity index (χ1) is 24.4. The molecule has 1 unspecified atom stereocenters. The number of benzene rings is 1. The van der Waals surface area contributed by atoms with Gasteiger partial charge in [0.2, 0.25) is 5.91 Å². The first-order valence-electron chi connectivity index (χ1n) is 18.2. The van der Waals surface area contributed by atoms with Gasteiger partial charge in [0.15, 0.2) is 11.9 Å². The number of nitrogens with zero attached hydrogens (tertiary/aromatic N) is 2. The Bertz CT molecular complexity index is 1460. The second-order valence-electron chi connectivity index (χ2n) is 13.1. The van der Waals surface area contributed by atoms with E-state index in [-0.39, 0.29) is 30.6 Å².